The molecule has 0 aliphatic carbocycles. The first-order chi connectivity index (χ1) is 19.5. The molecule has 3 aromatic carbocycles. The molecule has 4 rings (SSSR count). The van der Waals surface area contributed by atoms with Gasteiger partial charge in [0, 0.05) is 35.9 Å². The average molecular weight is 601 g/mol. The molecule has 0 fully saturated rings. The lowest BCUT2D eigenvalue weighted by molar-refractivity contribution is 0.0371. The van der Waals surface area contributed by atoms with Crippen LogP contribution in [-0.4, -0.2) is 74.2 Å². The molecule has 0 spiro atoms. The third-order valence-corrected chi connectivity index (χ3v) is 8.52. The summed E-state index contributed by atoms with van der Waals surface area (Å²) >= 11 is 5.89. The maximum atomic E-state index is 13.7. The van der Waals surface area contributed by atoms with Crippen LogP contribution < -0.4 is 14.8 Å². The Morgan fingerprint density at radius 3 is 2.46 bits per heavy atom. The van der Waals surface area contributed by atoms with Crippen LogP contribution in [0.25, 0.3) is 0 Å². The molecule has 3 amide bonds. The van der Waals surface area contributed by atoms with Crippen LogP contribution in [-0.2, 0) is 10.0 Å². The first-order valence-corrected chi connectivity index (χ1v) is 14.9. The van der Waals surface area contributed by atoms with Crippen LogP contribution in [0.2, 0.25) is 5.02 Å². The minimum Gasteiger partial charge on any atom is -0.487 e. The van der Waals surface area contributed by atoms with Gasteiger partial charge in [0.15, 0.2) is 0 Å². The summed E-state index contributed by atoms with van der Waals surface area (Å²) < 4.78 is 34.7. The van der Waals surface area contributed by atoms with E-state index in [0.29, 0.717) is 10.7 Å². The number of para-hydroxylation sites is 1. The molecule has 0 unspecified atom stereocenters. The van der Waals surface area contributed by atoms with Crippen molar-refractivity contribution in [1.82, 2.24) is 9.80 Å². The standard InChI is InChI=1S/C29H33ClN4O6S/c1-19-16-34(20(2)18-35)28(36)25-15-23(32-41(38,39)24-12-9-21(30)10-13-24)11-14-26(25)40-27(19)17-33(3)29(37)31-22-7-5-4-6-8-22/h4-15,19-20,27,32,35H,16-18H2,1-3H3,(H,31,37)/t19-,20+,27-/m0/s1. The van der Waals surface area contributed by atoms with Crippen molar-refractivity contribution in [3.63, 3.8) is 0 Å². The summed E-state index contributed by atoms with van der Waals surface area (Å²) in [5.74, 6) is -0.376. The van der Waals surface area contributed by atoms with E-state index >= 15 is 0 Å². The first kappa shape index (κ1) is 30.2. The first-order valence-electron chi connectivity index (χ1n) is 13.1. The van der Waals surface area contributed by atoms with Gasteiger partial charge in [-0.2, -0.15) is 0 Å². The van der Waals surface area contributed by atoms with Crippen molar-refractivity contribution in [1.29, 1.82) is 0 Å². The Morgan fingerprint density at radius 1 is 1.12 bits per heavy atom. The predicted octanol–water partition coefficient (Wildman–Crippen LogP) is 4.52. The molecular weight excluding hydrogens is 568 g/mol. The van der Waals surface area contributed by atoms with Gasteiger partial charge in [0.05, 0.1) is 29.7 Å². The SMILES string of the molecule is C[C@H](CO)N1C[C@H](C)[C@H](CN(C)C(=O)Nc2ccccc2)Oc2ccc(NS(=O)(=O)c3ccc(Cl)cc3)cc2C1=O. The number of likely N-dealkylation sites (N-methyl/N-ethyl adjacent to an activating group) is 1. The molecular formula is C29H33ClN4O6S. The topological polar surface area (TPSA) is 128 Å². The number of carbonyl (C=O) groups is 2. The highest BCUT2D eigenvalue weighted by Crippen LogP contribution is 2.31. The number of halogens is 1. The largest absolute Gasteiger partial charge is 0.487 e. The lowest BCUT2D eigenvalue weighted by atomic mass is 9.99. The van der Waals surface area contributed by atoms with E-state index in [1.807, 2.05) is 25.1 Å². The summed E-state index contributed by atoms with van der Waals surface area (Å²) in [6.45, 7) is 3.84. The van der Waals surface area contributed by atoms with Gasteiger partial charge in [-0.15, -0.1) is 0 Å². The molecule has 0 radical (unpaired) electrons. The van der Waals surface area contributed by atoms with Gasteiger partial charge in [-0.3, -0.25) is 9.52 Å². The zero-order valence-electron chi connectivity index (χ0n) is 23.0. The van der Waals surface area contributed by atoms with Crippen LogP contribution >= 0.6 is 11.6 Å². The summed E-state index contributed by atoms with van der Waals surface area (Å²) in [4.78, 5) is 29.6. The lowest BCUT2D eigenvalue weighted by Crippen LogP contribution is -2.50. The molecule has 0 bridgehead atoms. The van der Waals surface area contributed by atoms with E-state index in [1.54, 1.807) is 31.0 Å². The molecule has 10 nitrogen and oxygen atoms in total. The molecule has 0 saturated heterocycles. The molecule has 1 aliphatic rings. The number of aliphatic hydroxyl groups is 1. The minimum atomic E-state index is -3.96. The zero-order chi connectivity index (χ0) is 29.7. The average Bonchev–Trinajstić information content (AvgIpc) is 2.95. The second-order valence-electron chi connectivity index (χ2n) is 10.1. The highest BCUT2D eigenvalue weighted by Gasteiger charge is 2.34. The van der Waals surface area contributed by atoms with Crippen molar-refractivity contribution in [3.05, 3.63) is 83.4 Å². The van der Waals surface area contributed by atoms with Gasteiger partial charge in [-0.1, -0.05) is 36.7 Å². The van der Waals surface area contributed by atoms with Gasteiger partial charge in [-0.25, -0.2) is 13.2 Å². The maximum Gasteiger partial charge on any atom is 0.321 e. The Balaban J connectivity index is 1.62. The summed E-state index contributed by atoms with van der Waals surface area (Å²) in [6.07, 6.45) is -0.515. The lowest BCUT2D eigenvalue weighted by Gasteiger charge is -2.38. The monoisotopic (exact) mass is 600 g/mol. The van der Waals surface area contributed by atoms with Gasteiger partial charge >= 0.3 is 6.03 Å². The Labute approximate surface area is 244 Å². The van der Waals surface area contributed by atoms with Gasteiger partial charge in [0.25, 0.3) is 15.9 Å². The number of rotatable bonds is 8. The van der Waals surface area contributed by atoms with Crippen molar-refractivity contribution in [2.75, 3.05) is 36.8 Å². The van der Waals surface area contributed by atoms with Crippen LogP contribution in [0.1, 0.15) is 24.2 Å². The number of aliphatic hydroxyl groups excluding tert-OH is 1. The second kappa shape index (κ2) is 12.8. The van der Waals surface area contributed by atoms with Crippen molar-refractivity contribution in [2.24, 2.45) is 5.92 Å². The summed E-state index contributed by atoms with van der Waals surface area (Å²) in [6, 6.07) is 18.4. The van der Waals surface area contributed by atoms with Crippen molar-refractivity contribution < 1.29 is 27.9 Å². The number of sulfonamides is 1. The van der Waals surface area contributed by atoms with Crippen LogP contribution in [0.15, 0.2) is 77.7 Å². The van der Waals surface area contributed by atoms with Crippen molar-refractivity contribution in [3.8, 4) is 5.75 Å². The highest BCUT2D eigenvalue weighted by atomic mass is 35.5. The third kappa shape index (κ3) is 7.29. The molecule has 3 aromatic rings. The number of benzene rings is 3. The number of carbonyl (C=O) groups excluding carboxylic acids is 2. The number of nitrogens with one attached hydrogen (secondary N) is 2. The smallest absolute Gasteiger partial charge is 0.321 e. The third-order valence-electron chi connectivity index (χ3n) is 6.87. The quantitative estimate of drug-likeness (QED) is 0.349. The van der Waals surface area contributed by atoms with E-state index in [4.69, 9.17) is 16.3 Å². The van der Waals surface area contributed by atoms with Crippen LogP contribution in [0.5, 0.6) is 5.75 Å². The molecule has 12 heteroatoms. The Bertz CT molecular complexity index is 1490. The fourth-order valence-corrected chi connectivity index (χ4v) is 5.60. The summed E-state index contributed by atoms with van der Waals surface area (Å²) in [5, 5.41) is 13.1. The normalized spacial score (nSPS) is 17.9. The Morgan fingerprint density at radius 2 is 1.80 bits per heavy atom. The number of fused-ring (bicyclic) bond motifs is 1. The molecule has 1 heterocycles. The Kier molecular flexibility index (Phi) is 9.42. The van der Waals surface area contributed by atoms with Crippen molar-refractivity contribution in [2.45, 2.75) is 30.9 Å². The number of hydrogen-bond donors (Lipinski definition) is 3. The number of urea groups is 1. The fraction of sp³-hybridized carbons (Fsp3) is 0.310. The summed E-state index contributed by atoms with van der Waals surface area (Å²) in [5.41, 5.74) is 0.954. The van der Waals surface area contributed by atoms with Gasteiger partial charge in [0.1, 0.15) is 11.9 Å². The number of anilines is 2. The molecule has 1 aliphatic heterocycles. The maximum absolute atomic E-state index is 13.7. The number of amides is 3. The van der Waals surface area contributed by atoms with E-state index in [-0.39, 0.29) is 53.5 Å². The fourth-order valence-electron chi connectivity index (χ4n) is 4.42. The summed E-state index contributed by atoms with van der Waals surface area (Å²) in [7, 11) is -2.31. The zero-order valence-corrected chi connectivity index (χ0v) is 24.5. The molecule has 3 N–H and O–H groups in total. The highest BCUT2D eigenvalue weighted by molar-refractivity contribution is 7.92. The molecule has 218 valence electrons. The number of hydrogen-bond acceptors (Lipinski definition) is 6. The molecule has 0 aromatic heterocycles. The second-order valence-corrected chi connectivity index (χ2v) is 12.2. The van der Waals surface area contributed by atoms with Crippen molar-refractivity contribution >= 4 is 44.9 Å². The van der Waals surface area contributed by atoms with Gasteiger partial charge in [-0.05, 0) is 61.5 Å². The van der Waals surface area contributed by atoms with Gasteiger partial charge in [0.2, 0.25) is 0 Å². The van der Waals surface area contributed by atoms with E-state index in [1.165, 1.54) is 47.4 Å². The number of nitrogens with zero attached hydrogens (tertiary/aromatic N) is 2. The van der Waals surface area contributed by atoms with Crippen LogP contribution in [0.3, 0.4) is 0 Å². The van der Waals surface area contributed by atoms with E-state index in [9.17, 15) is 23.1 Å². The van der Waals surface area contributed by atoms with E-state index in [0.717, 1.165) is 0 Å². The minimum absolute atomic E-state index is 0.0115. The number of ether oxygens (including phenoxy) is 1. The van der Waals surface area contributed by atoms with Crippen LogP contribution in [0, 0.1) is 5.92 Å². The van der Waals surface area contributed by atoms with E-state index < -0.39 is 28.1 Å². The van der Waals surface area contributed by atoms with Crippen LogP contribution in [0.4, 0.5) is 16.2 Å². The molecule has 41 heavy (non-hydrogen) atoms. The van der Waals surface area contributed by atoms with E-state index in [2.05, 4.69) is 10.0 Å². The predicted molar refractivity (Wildman–Crippen MR) is 158 cm³/mol. The Hall–Kier alpha value is -3.80. The molecule has 0 saturated carbocycles. The van der Waals surface area contributed by atoms with Gasteiger partial charge < -0.3 is 25.0 Å². The molecule has 3 atom stereocenters.